The van der Waals surface area contributed by atoms with E-state index < -0.39 is 11.9 Å². The molecule has 1 aliphatic heterocycles. The highest BCUT2D eigenvalue weighted by molar-refractivity contribution is 6.34. The predicted octanol–water partition coefficient (Wildman–Crippen LogP) is 3.81. The zero-order valence-electron chi connectivity index (χ0n) is 15.8. The van der Waals surface area contributed by atoms with Crippen LogP contribution < -0.4 is 10.1 Å². The van der Waals surface area contributed by atoms with E-state index in [2.05, 4.69) is 5.32 Å². The number of nitrogens with one attached hydrogen (secondary N) is 1. The van der Waals surface area contributed by atoms with Crippen LogP contribution in [0.2, 0.25) is 10.0 Å². The van der Waals surface area contributed by atoms with Crippen molar-refractivity contribution in [1.29, 1.82) is 0 Å². The molecule has 9 heteroatoms. The van der Waals surface area contributed by atoms with Crippen molar-refractivity contribution < 1.29 is 29.3 Å². The molecule has 7 nitrogen and oxygen atoms in total. The van der Waals surface area contributed by atoms with Crippen LogP contribution in [0.5, 0.6) is 5.75 Å². The minimum Gasteiger partial charge on any atom is -0.481 e. The SMILES string of the molecule is Clc1ccc(Cl)c(O[C@@H](c2ccccc2)[C@@H]2CNCCO2)c1.O=C(O)/C=C/C(=O)O. The second-order valence-corrected chi connectivity index (χ2v) is 6.99. The number of hydrogen-bond donors (Lipinski definition) is 3. The van der Waals surface area contributed by atoms with Gasteiger partial charge in [0, 0.05) is 36.3 Å². The van der Waals surface area contributed by atoms with Crippen molar-refractivity contribution in [2.45, 2.75) is 12.2 Å². The number of carbonyl (C=O) groups is 2. The molecule has 0 aromatic heterocycles. The quantitative estimate of drug-likeness (QED) is 0.570. The first-order valence-corrected chi connectivity index (χ1v) is 9.75. The van der Waals surface area contributed by atoms with Crippen molar-refractivity contribution in [2.24, 2.45) is 0 Å². The lowest BCUT2D eigenvalue weighted by molar-refractivity contribution is -0.134. The molecular formula is C21H21Cl2NO6. The monoisotopic (exact) mass is 453 g/mol. The third kappa shape index (κ3) is 8.04. The summed E-state index contributed by atoms with van der Waals surface area (Å²) in [6.07, 6.45) is 0.793. The van der Waals surface area contributed by atoms with Crippen molar-refractivity contribution in [3.8, 4) is 5.75 Å². The molecule has 0 bridgehead atoms. The molecule has 0 aliphatic carbocycles. The van der Waals surface area contributed by atoms with Gasteiger partial charge in [-0.3, -0.25) is 0 Å². The number of benzene rings is 2. The Bertz CT molecular complexity index is 853. The summed E-state index contributed by atoms with van der Waals surface area (Å²) in [5, 5.41) is 20.1. The number of hydrogen-bond acceptors (Lipinski definition) is 5. The summed E-state index contributed by atoms with van der Waals surface area (Å²) in [7, 11) is 0. The fourth-order valence-corrected chi connectivity index (χ4v) is 2.95. The molecule has 1 saturated heterocycles. The molecule has 30 heavy (non-hydrogen) atoms. The summed E-state index contributed by atoms with van der Waals surface area (Å²) < 4.78 is 12.0. The van der Waals surface area contributed by atoms with E-state index in [-0.39, 0.29) is 12.2 Å². The average molecular weight is 454 g/mol. The van der Waals surface area contributed by atoms with E-state index >= 15 is 0 Å². The number of morpholine rings is 1. The van der Waals surface area contributed by atoms with E-state index in [0.29, 0.717) is 34.6 Å². The summed E-state index contributed by atoms with van der Waals surface area (Å²) in [5.74, 6) is -1.95. The Morgan fingerprint density at radius 3 is 2.33 bits per heavy atom. The summed E-state index contributed by atoms with van der Waals surface area (Å²) in [6.45, 7) is 2.26. The van der Waals surface area contributed by atoms with E-state index in [1.807, 2.05) is 30.3 Å². The molecule has 0 amide bonds. The molecule has 160 valence electrons. The van der Waals surface area contributed by atoms with Crippen LogP contribution in [-0.4, -0.2) is 48.0 Å². The third-order valence-electron chi connectivity index (χ3n) is 3.94. The maximum atomic E-state index is 9.55. The van der Waals surface area contributed by atoms with E-state index in [0.717, 1.165) is 18.7 Å². The summed E-state index contributed by atoms with van der Waals surface area (Å²) in [5.41, 5.74) is 1.05. The average Bonchev–Trinajstić information content (AvgIpc) is 2.74. The molecule has 3 N–H and O–H groups in total. The number of carboxylic acid groups (broad SMARTS) is 2. The van der Waals surface area contributed by atoms with Crippen LogP contribution in [-0.2, 0) is 14.3 Å². The topological polar surface area (TPSA) is 105 Å². The van der Waals surface area contributed by atoms with Gasteiger partial charge in [0.1, 0.15) is 11.9 Å². The van der Waals surface area contributed by atoms with Gasteiger partial charge in [-0.05, 0) is 17.7 Å². The zero-order valence-corrected chi connectivity index (χ0v) is 17.3. The predicted molar refractivity (Wildman–Crippen MR) is 113 cm³/mol. The first-order chi connectivity index (χ1) is 14.4. The van der Waals surface area contributed by atoms with Gasteiger partial charge >= 0.3 is 11.9 Å². The summed E-state index contributed by atoms with van der Waals surface area (Å²) >= 11 is 12.3. The van der Waals surface area contributed by atoms with Crippen LogP contribution in [0.15, 0.2) is 60.7 Å². The Morgan fingerprint density at radius 1 is 1.10 bits per heavy atom. The first kappa shape index (κ1) is 23.7. The number of rotatable bonds is 6. The minimum atomic E-state index is -1.26. The lowest BCUT2D eigenvalue weighted by Crippen LogP contribution is -2.43. The van der Waals surface area contributed by atoms with Crippen LogP contribution in [0.4, 0.5) is 0 Å². The fraction of sp³-hybridized carbons (Fsp3) is 0.238. The van der Waals surface area contributed by atoms with Crippen molar-refractivity contribution in [3.63, 3.8) is 0 Å². The van der Waals surface area contributed by atoms with Crippen molar-refractivity contribution in [3.05, 3.63) is 76.3 Å². The maximum absolute atomic E-state index is 9.55. The Balaban J connectivity index is 0.000000343. The van der Waals surface area contributed by atoms with Gasteiger partial charge in [0.15, 0.2) is 6.10 Å². The highest BCUT2D eigenvalue weighted by Gasteiger charge is 2.28. The van der Waals surface area contributed by atoms with E-state index in [1.165, 1.54) is 0 Å². The van der Waals surface area contributed by atoms with E-state index in [1.54, 1.807) is 18.2 Å². The highest BCUT2D eigenvalue weighted by atomic mass is 35.5. The molecule has 0 radical (unpaired) electrons. The second-order valence-electron chi connectivity index (χ2n) is 6.15. The van der Waals surface area contributed by atoms with Gasteiger partial charge in [-0.2, -0.15) is 0 Å². The number of halogens is 2. The van der Waals surface area contributed by atoms with E-state index in [9.17, 15) is 9.59 Å². The molecular weight excluding hydrogens is 433 g/mol. The standard InChI is InChI=1S/C17H17Cl2NO2.C4H4O4/c18-13-6-7-14(19)15(10-13)22-17(12-4-2-1-3-5-12)16-11-20-8-9-21-16;5-3(6)1-2-4(7)8/h1-7,10,16-17,20H,8-9,11H2;1-2H,(H,5,6)(H,7,8)/b;2-1+/t16-,17-;/m0./s1. The van der Waals surface area contributed by atoms with Gasteiger partial charge in [0.2, 0.25) is 0 Å². The molecule has 2 atom stereocenters. The van der Waals surface area contributed by atoms with Crippen molar-refractivity contribution >= 4 is 35.1 Å². The van der Waals surface area contributed by atoms with Gasteiger partial charge in [-0.1, -0.05) is 53.5 Å². The molecule has 3 rings (SSSR count). The lowest BCUT2D eigenvalue weighted by atomic mass is 10.0. The third-order valence-corrected chi connectivity index (χ3v) is 4.49. The van der Waals surface area contributed by atoms with Gasteiger partial charge in [-0.25, -0.2) is 9.59 Å². The van der Waals surface area contributed by atoms with Crippen LogP contribution in [0.3, 0.4) is 0 Å². The minimum absolute atomic E-state index is 0.0776. The van der Waals surface area contributed by atoms with Gasteiger partial charge in [-0.15, -0.1) is 0 Å². The number of ether oxygens (including phenoxy) is 2. The highest BCUT2D eigenvalue weighted by Crippen LogP contribution is 2.33. The zero-order chi connectivity index (χ0) is 21.9. The van der Waals surface area contributed by atoms with Gasteiger partial charge < -0.3 is 25.0 Å². The van der Waals surface area contributed by atoms with Crippen molar-refractivity contribution in [1.82, 2.24) is 5.32 Å². The number of carboxylic acids is 2. The molecule has 0 unspecified atom stereocenters. The maximum Gasteiger partial charge on any atom is 0.328 e. The summed E-state index contributed by atoms with van der Waals surface area (Å²) in [4.78, 5) is 19.1. The molecule has 1 aliphatic rings. The molecule has 0 spiro atoms. The van der Waals surface area contributed by atoms with Crippen LogP contribution >= 0.6 is 23.2 Å². The Kier molecular flexibility index (Phi) is 9.63. The largest absolute Gasteiger partial charge is 0.481 e. The Labute approximate surface area is 183 Å². The molecule has 1 fully saturated rings. The number of aliphatic carboxylic acids is 2. The Morgan fingerprint density at radius 2 is 1.77 bits per heavy atom. The molecule has 2 aromatic carbocycles. The molecule has 2 aromatic rings. The van der Waals surface area contributed by atoms with E-state index in [4.69, 9.17) is 42.9 Å². The van der Waals surface area contributed by atoms with Crippen LogP contribution in [0.1, 0.15) is 11.7 Å². The van der Waals surface area contributed by atoms with Crippen LogP contribution in [0.25, 0.3) is 0 Å². The van der Waals surface area contributed by atoms with Gasteiger partial charge in [0.05, 0.1) is 11.6 Å². The lowest BCUT2D eigenvalue weighted by Gasteiger charge is -2.31. The first-order valence-electron chi connectivity index (χ1n) is 8.99. The molecule has 0 saturated carbocycles. The summed E-state index contributed by atoms with van der Waals surface area (Å²) in [6, 6.07) is 15.2. The molecule has 1 heterocycles. The Hall–Kier alpha value is -2.58. The fourth-order valence-electron chi connectivity index (χ4n) is 2.63. The smallest absolute Gasteiger partial charge is 0.328 e. The van der Waals surface area contributed by atoms with Crippen molar-refractivity contribution in [2.75, 3.05) is 19.7 Å². The second kappa shape index (κ2) is 12.2. The van der Waals surface area contributed by atoms with Crippen LogP contribution in [0, 0.1) is 0 Å². The normalized spacial score (nSPS) is 16.9. The van der Waals surface area contributed by atoms with Gasteiger partial charge in [0.25, 0.3) is 0 Å².